The number of nitrogens with zero attached hydrogens (tertiary/aromatic N) is 1. The van der Waals surface area contributed by atoms with E-state index in [9.17, 15) is 9.18 Å². The van der Waals surface area contributed by atoms with Crippen molar-refractivity contribution in [3.05, 3.63) is 35.9 Å². The summed E-state index contributed by atoms with van der Waals surface area (Å²) in [6, 6.07) is 9.07. The standard InChI is InChI=1S/C17H20FNO4/c18-14-13-10-17(22-8-9-23-17)6-7-19(15(13)14)16(20)21-11-12-4-2-1-3-5-12/h1-5,13-15H,6-11H2/t13?,14-,15+/m1/s1. The molecule has 5 nitrogen and oxygen atoms in total. The number of fused-ring (bicyclic) bond motifs is 1. The zero-order valence-corrected chi connectivity index (χ0v) is 12.8. The van der Waals surface area contributed by atoms with E-state index in [0.717, 1.165) is 5.56 Å². The Morgan fingerprint density at radius 3 is 2.78 bits per heavy atom. The molecule has 124 valence electrons. The molecule has 1 saturated carbocycles. The zero-order chi connectivity index (χ0) is 15.9. The van der Waals surface area contributed by atoms with Gasteiger partial charge in [-0.3, -0.25) is 0 Å². The molecular formula is C17H20FNO4. The highest BCUT2D eigenvalue weighted by atomic mass is 19.1. The van der Waals surface area contributed by atoms with Crippen molar-refractivity contribution in [3.8, 4) is 0 Å². The molecule has 1 amide bonds. The van der Waals surface area contributed by atoms with Crippen molar-refractivity contribution in [2.75, 3.05) is 19.8 Å². The molecule has 4 rings (SSSR count). The molecule has 1 spiro atoms. The molecule has 0 bridgehead atoms. The third kappa shape index (κ3) is 2.81. The fraction of sp³-hybridized carbons (Fsp3) is 0.588. The third-order valence-electron chi connectivity index (χ3n) is 4.93. The Bertz CT molecular complexity index is 575. The second-order valence-electron chi connectivity index (χ2n) is 6.39. The largest absolute Gasteiger partial charge is 0.445 e. The van der Waals surface area contributed by atoms with Gasteiger partial charge in [0.2, 0.25) is 0 Å². The van der Waals surface area contributed by atoms with Gasteiger partial charge in [0.05, 0.1) is 19.3 Å². The molecule has 1 unspecified atom stereocenters. The quantitative estimate of drug-likeness (QED) is 0.840. The molecule has 2 heterocycles. The first kappa shape index (κ1) is 14.9. The maximum Gasteiger partial charge on any atom is 0.410 e. The van der Waals surface area contributed by atoms with Gasteiger partial charge < -0.3 is 19.1 Å². The van der Waals surface area contributed by atoms with Crippen LogP contribution in [0, 0.1) is 5.92 Å². The molecule has 2 saturated heterocycles. The van der Waals surface area contributed by atoms with E-state index in [0.29, 0.717) is 32.6 Å². The first-order chi connectivity index (χ1) is 11.2. The Morgan fingerprint density at radius 2 is 2.04 bits per heavy atom. The SMILES string of the molecule is O=C(OCc1ccccc1)N1CCC2(CC3[C@@H](F)[C@H]31)OCCO2. The van der Waals surface area contributed by atoms with Crippen LogP contribution in [0.3, 0.4) is 0 Å². The van der Waals surface area contributed by atoms with E-state index >= 15 is 0 Å². The molecule has 23 heavy (non-hydrogen) atoms. The van der Waals surface area contributed by atoms with E-state index in [1.54, 1.807) is 0 Å². The van der Waals surface area contributed by atoms with Gasteiger partial charge in [-0.25, -0.2) is 9.18 Å². The smallest absolute Gasteiger partial charge is 0.410 e. The topological polar surface area (TPSA) is 48.0 Å². The highest BCUT2D eigenvalue weighted by molar-refractivity contribution is 5.69. The monoisotopic (exact) mass is 321 g/mol. The zero-order valence-electron chi connectivity index (χ0n) is 12.8. The number of alkyl halides is 1. The summed E-state index contributed by atoms with van der Waals surface area (Å²) in [6.07, 6.45) is -0.391. The van der Waals surface area contributed by atoms with Gasteiger partial charge in [-0.1, -0.05) is 30.3 Å². The molecule has 3 fully saturated rings. The predicted molar refractivity (Wildman–Crippen MR) is 79.4 cm³/mol. The van der Waals surface area contributed by atoms with Gasteiger partial charge in [-0.05, 0) is 5.56 Å². The summed E-state index contributed by atoms with van der Waals surface area (Å²) >= 11 is 0. The lowest BCUT2D eigenvalue weighted by Gasteiger charge is -2.27. The first-order valence-corrected chi connectivity index (χ1v) is 8.08. The average molecular weight is 321 g/mol. The highest BCUT2D eigenvalue weighted by Crippen LogP contribution is 2.50. The lowest BCUT2D eigenvalue weighted by atomic mass is 10.1. The molecule has 1 aromatic carbocycles. The van der Waals surface area contributed by atoms with Crippen molar-refractivity contribution in [2.24, 2.45) is 5.92 Å². The molecule has 2 aliphatic heterocycles. The van der Waals surface area contributed by atoms with Crippen LogP contribution in [0.25, 0.3) is 0 Å². The molecule has 0 aromatic heterocycles. The number of rotatable bonds is 2. The molecule has 3 atom stereocenters. The summed E-state index contributed by atoms with van der Waals surface area (Å²) in [5, 5.41) is 0. The van der Waals surface area contributed by atoms with Crippen molar-refractivity contribution >= 4 is 6.09 Å². The summed E-state index contributed by atoms with van der Waals surface area (Å²) in [5.74, 6) is -0.919. The molecule has 6 heteroatoms. The fourth-order valence-electron chi connectivity index (χ4n) is 3.63. The highest BCUT2D eigenvalue weighted by Gasteiger charge is 2.62. The minimum absolute atomic E-state index is 0.197. The van der Waals surface area contributed by atoms with Crippen molar-refractivity contribution in [2.45, 2.75) is 37.4 Å². The summed E-state index contributed by atoms with van der Waals surface area (Å²) in [7, 11) is 0. The normalized spacial score (nSPS) is 31.5. The summed E-state index contributed by atoms with van der Waals surface area (Å²) in [6.45, 7) is 1.66. The van der Waals surface area contributed by atoms with Gasteiger partial charge in [-0.15, -0.1) is 0 Å². The number of carbonyl (C=O) groups is 1. The Balaban J connectivity index is 1.41. The number of halogens is 1. The number of likely N-dealkylation sites (tertiary alicyclic amines) is 1. The van der Waals surface area contributed by atoms with E-state index in [-0.39, 0.29) is 12.5 Å². The minimum Gasteiger partial charge on any atom is -0.445 e. The van der Waals surface area contributed by atoms with Crippen LogP contribution in [0.1, 0.15) is 18.4 Å². The van der Waals surface area contributed by atoms with Crippen LogP contribution in [-0.4, -0.2) is 48.8 Å². The number of hydrogen-bond donors (Lipinski definition) is 0. The lowest BCUT2D eigenvalue weighted by Crippen LogP contribution is -2.38. The van der Waals surface area contributed by atoms with E-state index in [2.05, 4.69) is 0 Å². The van der Waals surface area contributed by atoms with E-state index in [1.165, 1.54) is 4.90 Å². The molecular weight excluding hydrogens is 301 g/mol. The van der Waals surface area contributed by atoms with Crippen LogP contribution in [0.15, 0.2) is 30.3 Å². The predicted octanol–water partition coefficient (Wildman–Crippen LogP) is 2.50. The molecule has 0 N–H and O–H groups in total. The van der Waals surface area contributed by atoms with E-state index in [4.69, 9.17) is 14.2 Å². The van der Waals surface area contributed by atoms with Crippen LogP contribution >= 0.6 is 0 Å². The summed E-state index contributed by atoms with van der Waals surface area (Å²) < 4.78 is 30.9. The van der Waals surface area contributed by atoms with Gasteiger partial charge in [0, 0.05) is 25.3 Å². The number of ether oxygens (including phenoxy) is 3. The first-order valence-electron chi connectivity index (χ1n) is 8.08. The van der Waals surface area contributed by atoms with Gasteiger partial charge in [0.25, 0.3) is 0 Å². The number of carbonyl (C=O) groups excluding carboxylic acids is 1. The van der Waals surface area contributed by atoms with Gasteiger partial charge in [-0.2, -0.15) is 0 Å². The van der Waals surface area contributed by atoms with E-state index < -0.39 is 24.1 Å². The van der Waals surface area contributed by atoms with Gasteiger partial charge in [0.1, 0.15) is 12.8 Å². The third-order valence-corrected chi connectivity index (χ3v) is 4.93. The Kier molecular flexibility index (Phi) is 3.73. The maximum atomic E-state index is 14.1. The van der Waals surface area contributed by atoms with Gasteiger partial charge >= 0.3 is 6.09 Å². The van der Waals surface area contributed by atoms with Crippen LogP contribution < -0.4 is 0 Å². The fourth-order valence-corrected chi connectivity index (χ4v) is 3.63. The van der Waals surface area contributed by atoms with Crippen LogP contribution in [0.5, 0.6) is 0 Å². The van der Waals surface area contributed by atoms with Crippen LogP contribution in [0.4, 0.5) is 9.18 Å². The Hall–Kier alpha value is -1.66. The average Bonchev–Trinajstić information content (AvgIpc) is 2.99. The van der Waals surface area contributed by atoms with Crippen molar-refractivity contribution in [3.63, 3.8) is 0 Å². The summed E-state index contributed by atoms with van der Waals surface area (Å²) in [5.41, 5.74) is 0.916. The van der Waals surface area contributed by atoms with Crippen LogP contribution in [0.2, 0.25) is 0 Å². The van der Waals surface area contributed by atoms with Crippen molar-refractivity contribution < 1.29 is 23.4 Å². The van der Waals surface area contributed by atoms with E-state index in [1.807, 2.05) is 30.3 Å². The molecule has 0 radical (unpaired) electrons. The molecule has 1 aliphatic carbocycles. The van der Waals surface area contributed by atoms with Crippen LogP contribution in [-0.2, 0) is 20.8 Å². The number of benzene rings is 1. The molecule has 3 aliphatic rings. The Morgan fingerprint density at radius 1 is 1.30 bits per heavy atom. The second-order valence-corrected chi connectivity index (χ2v) is 6.39. The van der Waals surface area contributed by atoms with Crippen molar-refractivity contribution in [1.29, 1.82) is 0 Å². The minimum atomic E-state index is -1.01. The second kappa shape index (κ2) is 5.76. The summed E-state index contributed by atoms with van der Waals surface area (Å²) in [4.78, 5) is 13.9. The van der Waals surface area contributed by atoms with Gasteiger partial charge in [0.15, 0.2) is 5.79 Å². The Labute approximate surface area is 134 Å². The molecule has 1 aromatic rings. The maximum absolute atomic E-state index is 14.1. The lowest BCUT2D eigenvalue weighted by molar-refractivity contribution is -0.168. The number of amides is 1. The number of hydrogen-bond acceptors (Lipinski definition) is 4. The van der Waals surface area contributed by atoms with Crippen molar-refractivity contribution in [1.82, 2.24) is 4.90 Å².